The lowest BCUT2D eigenvalue weighted by Gasteiger charge is -2.27. The molecule has 1 unspecified atom stereocenters. The van der Waals surface area contributed by atoms with Crippen LogP contribution in [-0.2, 0) is 6.42 Å². The van der Waals surface area contributed by atoms with E-state index in [1.54, 1.807) is 12.1 Å². The van der Waals surface area contributed by atoms with Gasteiger partial charge in [0.2, 0.25) is 0 Å². The molecule has 0 amide bonds. The lowest BCUT2D eigenvalue weighted by atomic mass is 9.91. The molecule has 1 saturated heterocycles. The van der Waals surface area contributed by atoms with Crippen LogP contribution in [0.4, 0.5) is 4.39 Å². The Bertz CT molecular complexity index is 435. The van der Waals surface area contributed by atoms with Crippen molar-refractivity contribution in [3.05, 3.63) is 29.6 Å². The average Bonchev–Trinajstić information content (AvgIpc) is 2.49. The van der Waals surface area contributed by atoms with Crippen LogP contribution in [-0.4, -0.2) is 31.2 Å². The second-order valence-electron chi connectivity index (χ2n) is 5.72. The Labute approximate surface area is 131 Å². The molecule has 1 fully saturated rings. The molecule has 118 valence electrons. The fourth-order valence-corrected chi connectivity index (χ4v) is 4.24. The highest BCUT2D eigenvalue weighted by atomic mass is 32.2. The lowest BCUT2D eigenvalue weighted by molar-refractivity contribution is 0.365. The number of rotatable bonds is 7. The van der Waals surface area contributed by atoms with Crippen LogP contribution in [0.1, 0.15) is 31.7 Å². The molecule has 1 aliphatic rings. The number of likely N-dealkylation sites (N-methyl/N-ethyl adjacent to an activating group) is 1. The van der Waals surface area contributed by atoms with E-state index in [1.807, 2.05) is 6.07 Å². The quantitative estimate of drug-likeness (QED) is 0.825. The van der Waals surface area contributed by atoms with Gasteiger partial charge in [-0.05, 0) is 67.3 Å². The third-order valence-corrected chi connectivity index (χ3v) is 5.20. The maximum Gasteiger partial charge on any atom is 0.165 e. The Balaban J connectivity index is 1.96. The van der Waals surface area contributed by atoms with E-state index in [9.17, 15) is 4.39 Å². The highest BCUT2D eigenvalue weighted by Gasteiger charge is 2.19. The van der Waals surface area contributed by atoms with Gasteiger partial charge in [-0.1, -0.05) is 13.0 Å². The van der Waals surface area contributed by atoms with Crippen LogP contribution in [0.15, 0.2) is 18.2 Å². The summed E-state index contributed by atoms with van der Waals surface area (Å²) in [5.74, 6) is 3.46. The fourth-order valence-electron chi connectivity index (χ4n) is 3.03. The summed E-state index contributed by atoms with van der Waals surface area (Å²) in [7, 11) is 1.50. The number of benzene rings is 1. The summed E-state index contributed by atoms with van der Waals surface area (Å²) in [5.41, 5.74) is 1.05. The predicted molar refractivity (Wildman–Crippen MR) is 88.8 cm³/mol. The first kappa shape index (κ1) is 16.6. The monoisotopic (exact) mass is 311 g/mol. The minimum atomic E-state index is -0.265. The Morgan fingerprint density at radius 1 is 1.38 bits per heavy atom. The van der Waals surface area contributed by atoms with Gasteiger partial charge in [0.15, 0.2) is 11.6 Å². The molecule has 0 aromatic heterocycles. The molecule has 21 heavy (non-hydrogen) atoms. The van der Waals surface area contributed by atoms with Gasteiger partial charge in [-0.3, -0.25) is 0 Å². The zero-order valence-electron chi connectivity index (χ0n) is 13.0. The summed E-state index contributed by atoms with van der Waals surface area (Å²) in [6, 6.07) is 5.75. The van der Waals surface area contributed by atoms with Gasteiger partial charge in [0.1, 0.15) is 0 Å². The molecular formula is C17H26FNOS. The molecule has 2 rings (SSSR count). The van der Waals surface area contributed by atoms with E-state index in [4.69, 9.17) is 4.74 Å². The van der Waals surface area contributed by atoms with E-state index in [-0.39, 0.29) is 5.82 Å². The number of halogens is 1. The van der Waals surface area contributed by atoms with E-state index in [0.29, 0.717) is 11.8 Å². The first-order valence-corrected chi connectivity index (χ1v) is 9.02. The number of hydrogen-bond acceptors (Lipinski definition) is 3. The molecule has 2 nitrogen and oxygen atoms in total. The van der Waals surface area contributed by atoms with Crippen LogP contribution in [0.3, 0.4) is 0 Å². The zero-order chi connectivity index (χ0) is 15.1. The summed E-state index contributed by atoms with van der Waals surface area (Å²) in [4.78, 5) is 0. The minimum absolute atomic E-state index is 0.265. The third kappa shape index (κ3) is 5.19. The minimum Gasteiger partial charge on any atom is -0.494 e. The van der Waals surface area contributed by atoms with Crippen molar-refractivity contribution in [1.82, 2.24) is 5.32 Å². The molecule has 1 aromatic carbocycles. The number of ether oxygens (including phenoxy) is 1. The SMILES string of the molecule is CCNC(Cc1ccc(OC)c(F)c1)CC1CCSCC1. The van der Waals surface area contributed by atoms with Gasteiger partial charge in [-0.25, -0.2) is 4.39 Å². The van der Waals surface area contributed by atoms with Crippen LogP contribution < -0.4 is 10.1 Å². The topological polar surface area (TPSA) is 21.3 Å². The number of nitrogens with one attached hydrogen (secondary N) is 1. The smallest absolute Gasteiger partial charge is 0.165 e. The summed E-state index contributed by atoms with van der Waals surface area (Å²) in [6.45, 7) is 3.10. The zero-order valence-corrected chi connectivity index (χ0v) is 13.8. The number of hydrogen-bond donors (Lipinski definition) is 1. The van der Waals surface area contributed by atoms with Crippen LogP contribution in [0.2, 0.25) is 0 Å². The van der Waals surface area contributed by atoms with Crippen molar-refractivity contribution in [2.24, 2.45) is 5.92 Å². The van der Waals surface area contributed by atoms with Crippen molar-refractivity contribution < 1.29 is 9.13 Å². The maximum absolute atomic E-state index is 13.8. The average molecular weight is 311 g/mol. The van der Waals surface area contributed by atoms with Crippen LogP contribution in [0.5, 0.6) is 5.75 Å². The molecule has 0 saturated carbocycles. The molecule has 1 atom stereocenters. The van der Waals surface area contributed by atoms with E-state index in [1.165, 1.54) is 37.9 Å². The first-order chi connectivity index (χ1) is 10.2. The molecule has 1 heterocycles. The van der Waals surface area contributed by atoms with Gasteiger partial charge in [0.25, 0.3) is 0 Å². The molecule has 0 radical (unpaired) electrons. The Morgan fingerprint density at radius 2 is 2.14 bits per heavy atom. The third-order valence-electron chi connectivity index (χ3n) is 4.15. The van der Waals surface area contributed by atoms with Crippen molar-refractivity contribution in [3.8, 4) is 5.75 Å². The molecule has 1 aliphatic heterocycles. The lowest BCUT2D eigenvalue weighted by Crippen LogP contribution is -2.33. The van der Waals surface area contributed by atoms with Crippen molar-refractivity contribution in [2.75, 3.05) is 25.2 Å². The van der Waals surface area contributed by atoms with Gasteiger partial charge in [-0.2, -0.15) is 11.8 Å². The largest absolute Gasteiger partial charge is 0.494 e. The van der Waals surface area contributed by atoms with Gasteiger partial charge < -0.3 is 10.1 Å². The number of methoxy groups -OCH3 is 1. The van der Waals surface area contributed by atoms with E-state index in [2.05, 4.69) is 24.0 Å². The molecular weight excluding hydrogens is 285 g/mol. The second kappa shape index (κ2) is 8.64. The standard InChI is InChI=1S/C17H26FNOS/c1-3-19-15(10-13-6-8-21-9-7-13)11-14-4-5-17(20-2)16(18)12-14/h4-5,12-13,15,19H,3,6-11H2,1-2H3. The second-order valence-corrected chi connectivity index (χ2v) is 6.94. The van der Waals surface area contributed by atoms with E-state index < -0.39 is 0 Å². The van der Waals surface area contributed by atoms with E-state index in [0.717, 1.165) is 24.4 Å². The molecule has 0 aliphatic carbocycles. The van der Waals surface area contributed by atoms with Gasteiger partial charge >= 0.3 is 0 Å². The predicted octanol–water partition coefficient (Wildman–Crippen LogP) is 3.89. The van der Waals surface area contributed by atoms with Gasteiger partial charge in [0, 0.05) is 6.04 Å². The first-order valence-electron chi connectivity index (χ1n) is 7.86. The van der Waals surface area contributed by atoms with E-state index >= 15 is 0 Å². The van der Waals surface area contributed by atoms with Gasteiger partial charge in [0.05, 0.1) is 7.11 Å². The van der Waals surface area contributed by atoms with Crippen molar-refractivity contribution in [2.45, 2.75) is 38.6 Å². The molecule has 1 N–H and O–H groups in total. The molecule has 0 bridgehead atoms. The molecule has 1 aromatic rings. The van der Waals surface area contributed by atoms with Crippen LogP contribution >= 0.6 is 11.8 Å². The van der Waals surface area contributed by atoms with Crippen molar-refractivity contribution >= 4 is 11.8 Å². The Morgan fingerprint density at radius 3 is 2.76 bits per heavy atom. The number of thioether (sulfide) groups is 1. The summed E-state index contributed by atoms with van der Waals surface area (Å²) in [5, 5.41) is 3.57. The molecule has 4 heteroatoms. The Hall–Kier alpha value is -0.740. The summed E-state index contributed by atoms with van der Waals surface area (Å²) in [6.07, 6.45) is 4.73. The highest BCUT2D eigenvalue weighted by molar-refractivity contribution is 7.99. The normalized spacial score (nSPS) is 17.7. The van der Waals surface area contributed by atoms with Crippen molar-refractivity contribution in [1.29, 1.82) is 0 Å². The maximum atomic E-state index is 13.8. The highest BCUT2D eigenvalue weighted by Crippen LogP contribution is 2.27. The van der Waals surface area contributed by atoms with Crippen molar-refractivity contribution in [3.63, 3.8) is 0 Å². The summed E-state index contributed by atoms with van der Waals surface area (Å²) < 4.78 is 18.8. The molecule has 0 spiro atoms. The Kier molecular flexibility index (Phi) is 6.84. The fraction of sp³-hybridized carbons (Fsp3) is 0.647. The summed E-state index contributed by atoms with van der Waals surface area (Å²) >= 11 is 2.07. The van der Waals surface area contributed by atoms with Crippen LogP contribution in [0.25, 0.3) is 0 Å². The van der Waals surface area contributed by atoms with Gasteiger partial charge in [-0.15, -0.1) is 0 Å². The van der Waals surface area contributed by atoms with Crippen LogP contribution in [0, 0.1) is 11.7 Å².